The highest BCUT2D eigenvalue weighted by atomic mass is 16.3. The van der Waals surface area contributed by atoms with Gasteiger partial charge >= 0.3 is 0 Å². The lowest BCUT2D eigenvalue weighted by atomic mass is 9.96. The molecule has 90 valence electrons. The Bertz CT molecular complexity index is 739. The van der Waals surface area contributed by atoms with Gasteiger partial charge in [0.2, 0.25) is 0 Å². The van der Waals surface area contributed by atoms with Gasteiger partial charge < -0.3 is 5.11 Å². The summed E-state index contributed by atoms with van der Waals surface area (Å²) >= 11 is 0. The minimum Gasteiger partial charge on any atom is -0.507 e. The van der Waals surface area contributed by atoms with Crippen LogP contribution in [-0.2, 0) is 0 Å². The fourth-order valence-electron chi connectivity index (χ4n) is 2.14. The van der Waals surface area contributed by atoms with Crippen LogP contribution >= 0.6 is 0 Å². The molecule has 1 aliphatic rings. The molecule has 0 saturated carbocycles. The number of benzene rings is 2. The van der Waals surface area contributed by atoms with Crippen molar-refractivity contribution in [3.05, 3.63) is 83.8 Å². The molecule has 0 aromatic heterocycles. The largest absolute Gasteiger partial charge is 0.507 e. The Balaban J connectivity index is 2.13. The number of rotatable bonds is 2. The summed E-state index contributed by atoms with van der Waals surface area (Å²) in [6, 6.07) is 15.7. The Kier molecular flexibility index (Phi) is 2.92. The molecule has 0 atom stereocenters. The Morgan fingerprint density at radius 2 is 1.58 bits per heavy atom. The van der Waals surface area contributed by atoms with E-state index in [-0.39, 0.29) is 0 Å². The van der Waals surface area contributed by atoms with E-state index in [4.69, 9.17) is 0 Å². The fourth-order valence-corrected chi connectivity index (χ4v) is 2.14. The van der Waals surface area contributed by atoms with E-state index in [1.165, 1.54) is 0 Å². The number of aromatic hydroxyl groups is 1. The molecule has 1 heteroatoms. The van der Waals surface area contributed by atoms with Gasteiger partial charge in [-0.05, 0) is 29.4 Å². The molecule has 1 aliphatic carbocycles. The molecule has 0 aliphatic heterocycles. The van der Waals surface area contributed by atoms with Gasteiger partial charge in [0.05, 0.1) is 0 Å². The van der Waals surface area contributed by atoms with Gasteiger partial charge in [-0.1, -0.05) is 60.0 Å². The molecule has 1 nitrogen and oxygen atoms in total. The second-order valence-electron chi connectivity index (χ2n) is 4.29. The number of para-hydroxylation sites is 1. The zero-order valence-corrected chi connectivity index (χ0v) is 10.3. The zero-order valence-electron chi connectivity index (χ0n) is 10.3. The first-order chi connectivity index (χ1) is 9.36. The number of hydrogen-bond donors (Lipinski definition) is 1. The van der Waals surface area contributed by atoms with Crippen molar-refractivity contribution in [2.75, 3.05) is 0 Å². The molecule has 2 aromatic rings. The average Bonchev–Trinajstić information content (AvgIpc) is 2.49. The van der Waals surface area contributed by atoms with Gasteiger partial charge in [0, 0.05) is 11.1 Å². The highest BCUT2D eigenvalue weighted by Crippen LogP contribution is 2.36. The third-order valence-corrected chi connectivity index (χ3v) is 3.09. The maximum atomic E-state index is 10.5. The fraction of sp³-hybridized carbons (Fsp3) is 0. The van der Waals surface area contributed by atoms with Crippen molar-refractivity contribution in [1.82, 2.24) is 0 Å². The van der Waals surface area contributed by atoms with Gasteiger partial charge in [-0.15, -0.1) is 0 Å². The van der Waals surface area contributed by atoms with E-state index >= 15 is 0 Å². The van der Waals surface area contributed by atoms with Crippen LogP contribution in [0.25, 0.3) is 16.7 Å². The standard InChI is InChI=1S/C18H12O/c19-18-16(14-8-3-1-4-9-14)12-7-13-17(18)15-10-5-2-6-11-15/h1,3-5,7-13,19H. The third-order valence-electron chi connectivity index (χ3n) is 3.09. The molecule has 19 heavy (non-hydrogen) atoms. The quantitative estimate of drug-likeness (QED) is 0.780. The summed E-state index contributed by atoms with van der Waals surface area (Å²) < 4.78 is 0. The molecule has 1 N–H and O–H groups in total. The molecule has 0 fully saturated rings. The maximum absolute atomic E-state index is 10.5. The van der Waals surface area contributed by atoms with Crippen LogP contribution in [0, 0.1) is 0 Å². The van der Waals surface area contributed by atoms with Crippen molar-refractivity contribution in [3.63, 3.8) is 0 Å². The van der Waals surface area contributed by atoms with Crippen molar-refractivity contribution in [1.29, 1.82) is 0 Å². The molecule has 0 bridgehead atoms. The average molecular weight is 244 g/mol. The Morgan fingerprint density at radius 3 is 2.32 bits per heavy atom. The summed E-state index contributed by atoms with van der Waals surface area (Å²) in [5.74, 6) is 0.299. The predicted octanol–water partition coefficient (Wildman–Crippen LogP) is 4.32. The van der Waals surface area contributed by atoms with Gasteiger partial charge in [-0.2, -0.15) is 0 Å². The number of phenolic OH excluding ortho intramolecular Hbond substituents is 1. The molecule has 0 unspecified atom stereocenters. The molecule has 0 saturated heterocycles. The minimum absolute atomic E-state index is 0.299. The van der Waals surface area contributed by atoms with Crippen LogP contribution in [0.4, 0.5) is 0 Å². The first-order valence-electron chi connectivity index (χ1n) is 6.12. The topological polar surface area (TPSA) is 20.2 Å². The molecular weight excluding hydrogens is 232 g/mol. The normalized spacial score (nSPS) is 12.5. The van der Waals surface area contributed by atoms with Crippen LogP contribution in [0.3, 0.4) is 0 Å². The first-order valence-corrected chi connectivity index (χ1v) is 6.12. The lowest BCUT2D eigenvalue weighted by Gasteiger charge is -2.10. The lowest BCUT2D eigenvalue weighted by Crippen LogP contribution is -1.86. The van der Waals surface area contributed by atoms with Crippen LogP contribution in [0.1, 0.15) is 5.56 Å². The van der Waals surface area contributed by atoms with Crippen molar-refractivity contribution in [3.8, 4) is 16.9 Å². The predicted molar refractivity (Wildman–Crippen MR) is 77.7 cm³/mol. The zero-order chi connectivity index (χ0) is 13.1. The monoisotopic (exact) mass is 244 g/mol. The second-order valence-corrected chi connectivity index (χ2v) is 4.29. The molecule has 3 rings (SSSR count). The van der Waals surface area contributed by atoms with Crippen LogP contribution < -0.4 is 0 Å². The van der Waals surface area contributed by atoms with Gasteiger partial charge in [0.1, 0.15) is 5.75 Å². The first kappa shape index (κ1) is 11.4. The van der Waals surface area contributed by atoms with Gasteiger partial charge in [-0.3, -0.25) is 0 Å². The minimum atomic E-state index is 0.299. The van der Waals surface area contributed by atoms with Crippen molar-refractivity contribution in [2.45, 2.75) is 0 Å². The molecular formula is C18H12O. The summed E-state index contributed by atoms with van der Waals surface area (Å²) in [5, 5.41) is 10.5. The molecule has 0 amide bonds. The number of allylic oxidation sites excluding steroid dienone is 4. The SMILES string of the molecule is Oc1c(C2=CC=C=C=C2)cccc1-c1ccccc1. The number of phenols is 1. The highest BCUT2D eigenvalue weighted by Gasteiger charge is 2.10. The highest BCUT2D eigenvalue weighted by molar-refractivity contribution is 5.84. The van der Waals surface area contributed by atoms with Crippen LogP contribution in [0.15, 0.2) is 78.2 Å². The van der Waals surface area contributed by atoms with Crippen LogP contribution in [0.5, 0.6) is 5.75 Å². The number of hydrogen-bond acceptors (Lipinski definition) is 1. The van der Waals surface area contributed by atoms with E-state index < -0.39 is 0 Å². The van der Waals surface area contributed by atoms with Crippen molar-refractivity contribution in [2.24, 2.45) is 0 Å². The molecule has 2 aromatic carbocycles. The Morgan fingerprint density at radius 1 is 0.789 bits per heavy atom. The molecule has 0 heterocycles. The Hall–Kier alpha value is -2.72. The van der Waals surface area contributed by atoms with Crippen LogP contribution in [-0.4, -0.2) is 5.11 Å². The van der Waals surface area contributed by atoms with Crippen LogP contribution in [0.2, 0.25) is 0 Å². The smallest absolute Gasteiger partial charge is 0.131 e. The van der Waals surface area contributed by atoms with Crippen molar-refractivity contribution < 1.29 is 5.11 Å². The van der Waals surface area contributed by atoms with E-state index in [2.05, 4.69) is 11.5 Å². The lowest BCUT2D eigenvalue weighted by molar-refractivity contribution is 0.476. The summed E-state index contributed by atoms with van der Waals surface area (Å²) in [5.41, 5.74) is 9.37. The Labute approximate surface area is 112 Å². The van der Waals surface area contributed by atoms with E-state index in [1.807, 2.05) is 60.7 Å². The third kappa shape index (κ3) is 2.17. The van der Waals surface area contributed by atoms with Crippen molar-refractivity contribution >= 4 is 5.57 Å². The maximum Gasteiger partial charge on any atom is 0.131 e. The van der Waals surface area contributed by atoms with Gasteiger partial charge in [0.25, 0.3) is 0 Å². The summed E-state index contributed by atoms with van der Waals surface area (Å²) in [7, 11) is 0. The molecule has 0 spiro atoms. The summed E-state index contributed by atoms with van der Waals surface area (Å²) in [4.78, 5) is 0. The van der Waals surface area contributed by atoms with E-state index in [0.717, 1.165) is 22.3 Å². The van der Waals surface area contributed by atoms with E-state index in [1.54, 1.807) is 6.08 Å². The van der Waals surface area contributed by atoms with E-state index in [0.29, 0.717) is 5.75 Å². The van der Waals surface area contributed by atoms with Gasteiger partial charge in [0.15, 0.2) is 0 Å². The summed E-state index contributed by atoms with van der Waals surface area (Å²) in [6.45, 7) is 0. The van der Waals surface area contributed by atoms with Gasteiger partial charge in [-0.25, -0.2) is 0 Å². The van der Waals surface area contributed by atoms with E-state index in [9.17, 15) is 5.11 Å². The summed E-state index contributed by atoms with van der Waals surface area (Å²) in [6.07, 6.45) is 5.54. The second kappa shape index (κ2) is 4.88. The molecule has 0 radical (unpaired) electrons.